The fourth-order valence-corrected chi connectivity index (χ4v) is 1.87. The van der Waals surface area contributed by atoms with E-state index in [4.69, 9.17) is 5.11 Å². The summed E-state index contributed by atoms with van der Waals surface area (Å²) in [5, 5.41) is 16.7. The van der Waals surface area contributed by atoms with Crippen molar-refractivity contribution in [3.63, 3.8) is 0 Å². The van der Waals surface area contributed by atoms with Gasteiger partial charge in [0.2, 0.25) is 0 Å². The van der Waals surface area contributed by atoms with Gasteiger partial charge in [0.15, 0.2) is 5.69 Å². The molecule has 0 bridgehead atoms. The van der Waals surface area contributed by atoms with Crippen molar-refractivity contribution in [2.75, 3.05) is 5.75 Å². The van der Waals surface area contributed by atoms with Gasteiger partial charge in [-0.15, -0.1) is 16.9 Å². The quantitative estimate of drug-likeness (QED) is 0.776. The molecule has 1 N–H and O–H groups in total. The summed E-state index contributed by atoms with van der Waals surface area (Å²) in [6.45, 7) is 0.571. The zero-order valence-electron chi connectivity index (χ0n) is 8.72. The van der Waals surface area contributed by atoms with Crippen molar-refractivity contribution < 1.29 is 9.90 Å². The average molecular weight is 251 g/mol. The highest BCUT2D eigenvalue weighted by atomic mass is 32.2. The first kappa shape index (κ1) is 11.5. The second kappa shape index (κ2) is 5.39. The molecule has 0 saturated carbocycles. The van der Waals surface area contributed by atoms with E-state index < -0.39 is 5.97 Å². The summed E-state index contributed by atoms with van der Waals surface area (Å²) >= 11 is 1.52. The van der Waals surface area contributed by atoms with Crippen LogP contribution in [0.3, 0.4) is 0 Å². The molecule has 0 spiro atoms. The molecule has 2 aromatic rings. The molecule has 0 saturated heterocycles. The topological polar surface area (TPSA) is 93.8 Å². The maximum Gasteiger partial charge on any atom is 0.358 e. The number of aryl methyl sites for hydroxylation is 1. The standard InChI is InChI=1S/C9H9N5O2S/c15-9(16)7-6-14(13-12-7)3-4-17-8-5-10-1-2-11-8/h1-2,5-6H,3-4H2,(H,15,16). The van der Waals surface area contributed by atoms with Gasteiger partial charge >= 0.3 is 5.97 Å². The van der Waals surface area contributed by atoms with Crippen molar-refractivity contribution in [1.29, 1.82) is 0 Å². The Morgan fingerprint density at radius 1 is 1.47 bits per heavy atom. The lowest BCUT2D eigenvalue weighted by molar-refractivity contribution is 0.0690. The molecule has 0 aliphatic heterocycles. The lowest BCUT2D eigenvalue weighted by atomic mass is 10.5. The minimum Gasteiger partial charge on any atom is -0.476 e. The summed E-state index contributed by atoms with van der Waals surface area (Å²) in [6.07, 6.45) is 6.31. The fraction of sp³-hybridized carbons (Fsp3) is 0.222. The number of aromatic nitrogens is 5. The first-order valence-corrected chi connectivity index (χ1v) is 5.76. The molecule has 0 aliphatic rings. The number of thioether (sulfide) groups is 1. The first-order chi connectivity index (χ1) is 8.25. The van der Waals surface area contributed by atoms with E-state index in [0.29, 0.717) is 6.54 Å². The number of carboxylic acid groups (broad SMARTS) is 1. The van der Waals surface area contributed by atoms with Gasteiger partial charge in [-0.25, -0.2) is 9.78 Å². The first-order valence-electron chi connectivity index (χ1n) is 4.78. The number of hydrogen-bond donors (Lipinski definition) is 1. The highest BCUT2D eigenvalue weighted by Gasteiger charge is 2.07. The van der Waals surface area contributed by atoms with Crippen molar-refractivity contribution in [2.45, 2.75) is 11.6 Å². The number of rotatable bonds is 5. The molecule has 0 amide bonds. The van der Waals surface area contributed by atoms with E-state index in [1.807, 2.05) is 0 Å². The Labute approximate surface area is 101 Å². The molecule has 88 valence electrons. The normalized spacial score (nSPS) is 10.4. The molecule has 0 aromatic carbocycles. The lowest BCUT2D eigenvalue weighted by Crippen LogP contribution is -2.01. The van der Waals surface area contributed by atoms with Crippen LogP contribution in [0.5, 0.6) is 0 Å². The number of nitrogens with zero attached hydrogens (tertiary/aromatic N) is 5. The van der Waals surface area contributed by atoms with Crippen molar-refractivity contribution in [3.8, 4) is 0 Å². The number of aromatic carboxylic acids is 1. The Balaban J connectivity index is 1.84. The van der Waals surface area contributed by atoms with E-state index >= 15 is 0 Å². The van der Waals surface area contributed by atoms with E-state index in [1.165, 1.54) is 22.6 Å². The molecular weight excluding hydrogens is 242 g/mol. The molecule has 0 unspecified atom stereocenters. The van der Waals surface area contributed by atoms with Crippen LogP contribution in [0, 0.1) is 0 Å². The Kier molecular flexibility index (Phi) is 3.66. The summed E-state index contributed by atoms with van der Waals surface area (Å²) in [4.78, 5) is 18.6. The molecule has 8 heteroatoms. The zero-order valence-corrected chi connectivity index (χ0v) is 9.54. The fourth-order valence-electron chi connectivity index (χ4n) is 1.11. The van der Waals surface area contributed by atoms with Gasteiger partial charge in [-0.2, -0.15) is 0 Å². The highest BCUT2D eigenvalue weighted by Crippen LogP contribution is 2.12. The minimum absolute atomic E-state index is 0.0468. The van der Waals surface area contributed by atoms with Gasteiger partial charge in [0.25, 0.3) is 0 Å². The van der Waals surface area contributed by atoms with E-state index in [9.17, 15) is 4.79 Å². The molecule has 2 aromatic heterocycles. The van der Waals surface area contributed by atoms with Crippen LogP contribution < -0.4 is 0 Å². The van der Waals surface area contributed by atoms with Crippen LogP contribution >= 0.6 is 11.8 Å². The summed E-state index contributed by atoms with van der Waals surface area (Å²) in [5.41, 5.74) is -0.0468. The van der Waals surface area contributed by atoms with E-state index in [-0.39, 0.29) is 5.69 Å². The molecule has 17 heavy (non-hydrogen) atoms. The van der Waals surface area contributed by atoms with Crippen molar-refractivity contribution in [3.05, 3.63) is 30.5 Å². The molecule has 2 heterocycles. The number of hydrogen-bond acceptors (Lipinski definition) is 6. The van der Waals surface area contributed by atoms with E-state index in [2.05, 4.69) is 20.3 Å². The van der Waals surface area contributed by atoms with Gasteiger partial charge < -0.3 is 5.11 Å². The third-order valence-corrected chi connectivity index (χ3v) is 2.76. The maximum absolute atomic E-state index is 10.6. The highest BCUT2D eigenvalue weighted by molar-refractivity contribution is 7.99. The van der Waals surface area contributed by atoms with Crippen LogP contribution in [0.25, 0.3) is 0 Å². The van der Waals surface area contributed by atoms with E-state index in [1.54, 1.807) is 18.6 Å². The monoisotopic (exact) mass is 251 g/mol. The Morgan fingerprint density at radius 2 is 2.35 bits per heavy atom. The Bertz CT molecular complexity index is 501. The summed E-state index contributed by atoms with van der Waals surface area (Å²) in [6, 6.07) is 0. The van der Waals surface area contributed by atoms with Gasteiger partial charge in [-0.3, -0.25) is 9.67 Å². The van der Waals surface area contributed by atoms with Crippen LogP contribution in [0.1, 0.15) is 10.5 Å². The third kappa shape index (κ3) is 3.25. The van der Waals surface area contributed by atoms with Gasteiger partial charge in [0.1, 0.15) is 5.03 Å². The molecule has 0 atom stereocenters. The number of carbonyl (C=O) groups is 1. The third-order valence-electron chi connectivity index (χ3n) is 1.87. The number of carboxylic acids is 1. The maximum atomic E-state index is 10.6. The zero-order chi connectivity index (χ0) is 12.1. The lowest BCUT2D eigenvalue weighted by Gasteiger charge is -1.99. The molecule has 7 nitrogen and oxygen atoms in total. The van der Waals surface area contributed by atoms with Gasteiger partial charge in [0.05, 0.1) is 18.9 Å². The van der Waals surface area contributed by atoms with Crippen molar-refractivity contribution in [1.82, 2.24) is 25.0 Å². The van der Waals surface area contributed by atoms with Gasteiger partial charge in [-0.1, -0.05) is 5.21 Å². The summed E-state index contributed by atoms with van der Waals surface area (Å²) in [5.74, 6) is -0.348. The summed E-state index contributed by atoms with van der Waals surface area (Å²) < 4.78 is 1.49. The Morgan fingerprint density at radius 3 is 3.00 bits per heavy atom. The van der Waals surface area contributed by atoms with Crippen LogP contribution in [-0.4, -0.2) is 41.8 Å². The SMILES string of the molecule is O=C(O)c1cn(CCSc2cnccn2)nn1. The van der Waals surface area contributed by atoms with Crippen LogP contribution in [0.2, 0.25) is 0 Å². The molecule has 0 fully saturated rings. The summed E-state index contributed by atoms with van der Waals surface area (Å²) in [7, 11) is 0. The predicted octanol–water partition coefficient (Wildman–Crippen LogP) is 0.559. The second-order valence-corrected chi connectivity index (χ2v) is 4.18. The van der Waals surface area contributed by atoms with Crippen molar-refractivity contribution >= 4 is 17.7 Å². The Hall–Kier alpha value is -1.96. The second-order valence-electron chi connectivity index (χ2n) is 3.06. The van der Waals surface area contributed by atoms with Gasteiger partial charge in [0, 0.05) is 18.1 Å². The molecule has 0 aliphatic carbocycles. The van der Waals surface area contributed by atoms with Crippen molar-refractivity contribution in [2.24, 2.45) is 0 Å². The predicted molar refractivity (Wildman–Crippen MR) is 59.7 cm³/mol. The minimum atomic E-state index is -1.07. The van der Waals surface area contributed by atoms with Crippen LogP contribution in [0.4, 0.5) is 0 Å². The molecular formula is C9H9N5O2S. The van der Waals surface area contributed by atoms with E-state index in [0.717, 1.165) is 10.8 Å². The van der Waals surface area contributed by atoms with Crippen LogP contribution in [-0.2, 0) is 6.54 Å². The van der Waals surface area contributed by atoms with Crippen LogP contribution in [0.15, 0.2) is 29.8 Å². The molecule has 2 rings (SSSR count). The molecule has 0 radical (unpaired) electrons. The average Bonchev–Trinajstić information content (AvgIpc) is 2.79. The largest absolute Gasteiger partial charge is 0.476 e. The van der Waals surface area contributed by atoms with Gasteiger partial charge in [-0.05, 0) is 0 Å². The smallest absolute Gasteiger partial charge is 0.358 e.